The van der Waals surface area contributed by atoms with Crippen molar-refractivity contribution >= 4 is 15.9 Å². The van der Waals surface area contributed by atoms with Gasteiger partial charge in [0.05, 0.1) is 4.47 Å². The topological polar surface area (TPSA) is 13.1 Å². The summed E-state index contributed by atoms with van der Waals surface area (Å²) in [6.45, 7) is 0. The van der Waals surface area contributed by atoms with Crippen molar-refractivity contribution < 1.29 is 8.81 Å². The first-order chi connectivity index (χ1) is 3.30. The Labute approximate surface area is 48.3 Å². The SMILES string of the molecule is Fc1cocc1Br. The number of halogens is 2. The van der Waals surface area contributed by atoms with E-state index in [1.807, 2.05) is 0 Å². The second kappa shape index (κ2) is 1.66. The molecule has 38 valence electrons. The molecular formula is C4H2BrFO. The summed E-state index contributed by atoms with van der Waals surface area (Å²) in [5, 5.41) is 0. The Bertz CT molecular complexity index is 144. The van der Waals surface area contributed by atoms with E-state index in [1.54, 1.807) is 0 Å². The Balaban J connectivity index is 3.12. The lowest BCUT2D eigenvalue weighted by Crippen LogP contribution is -1.57. The molecule has 0 spiro atoms. The molecule has 0 N–H and O–H groups in total. The number of hydrogen-bond donors (Lipinski definition) is 0. The van der Waals surface area contributed by atoms with E-state index in [2.05, 4.69) is 20.3 Å². The van der Waals surface area contributed by atoms with Gasteiger partial charge in [0.25, 0.3) is 0 Å². The zero-order valence-electron chi connectivity index (χ0n) is 3.32. The molecular weight excluding hydrogens is 163 g/mol. The molecule has 1 nitrogen and oxygen atoms in total. The molecule has 0 unspecified atom stereocenters. The van der Waals surface area contributed by atoms with Crippen molar-refractivity contribution in [2.45, 2.75) is 0 Å². The maximum absolute atomic E-state index is 11.9. The second-order valence-corrected chi connectivity index (χ2v) is 1.92. The van der Waals surface area contributed by atoms with Gasteiger partial charge in [-0.15, -0.1) is 0 Å². The molecule has 0 bridgehead atoms. The Morgan fingerprint density at radius 3 is 2.43 bits per heavy atom. The van der Waals surface area contributed by atoms with Gasteiger partial charge in [0.15, 0.2) is 5.82 Å². The third kappa shape index (κ3) is 0.825. The molecule has 1 aromatic heterocycles. The van der Waals surface area contributed by atoms with E-state index >= 15 is 0 Å². The van der Waals surface area contributed by atoms with Gasteiger partial charge in [-0.1, -0.05) is 0 Å². The molecule has 0 fully saturated rings. The van der Waals surface area contributed by atoms with Crippen molar-refractivity contribution in [3.8, 4) is 0 Å². The summed E-state index contributed by atoms with van der Waals surface area (Å²) in [5.74, 6) is -0.361. The molecule has 1 rings (SSSR count). The predicted molar refractivity (Wildman–Crippen MR) is 26.4 cm³/mol. The summed E-state index contributed by atoms with van der Waals surface area (Å²) in [6.07, 6.45) is 2.32. The summed E-state index contributed by atoms with van der Waals surface area (Å²) < 4.78 is 16.7. The maximum atomic E-state index is 11.9. The van der Waals surface area contributed by atoms with Crippen molar-refractivity contribution in [3.05, 3.63) is 22.8 Å². The van der Waals surface area contributed by atoms with E-state index in [9.17, 15) is 4.39 Å². The monoisotopic (exact) mass is 164 g/mol. The van der Waals surface area contributed by atoms with E-state index in [-0.39, 0.29) is 5.82 Å². The largest absolute Gasteiger partial charge is 0.468 e. The van der Waals surface area contributed by atoms with Crippen LogP contribution in [0.5, 0.6) is 0 Å². The molecule has 3 heteroatoms. The number of rotatable bonds is 0. The molecule has 0 aliphatic carbocycles. The van der Waals surface area contributed by atoms with E-state index < -0.39 is 0 Å². The van der Waals surface area contributed by atoms with Crippen molar-refractivity contribution in [2.24, 2.45) is 0 Å². The Hall–Kier alpha value is -0.310. The van der Waals surface area contributed by atoms with E-state index in [1.165, 1.54) is 6.26 Å². The first-order valence-electron chi connectivity index (χ1n) is 1.68. The van der Waals surface area contributed by atoms with Crippen LogP contribution < -0.4 is 0 Å². The highest BCUT2D eigenvalue weighted by Gasteiger charge is 1.96. The highest BCUT2D eigenvalue weighted by molar-refractivity contribution is 9.10. The molecule has 0 radical (unpaired) electrons. The van der Waals surface area contributed by atoms with Crippen molar-refractivity contribution in [3.63, 3.8) is 0 Å². The van der Waals surface area contributed by atoms with Gasteiger partial charge in [-0.2, -0.15) is 0 Å². The first kappa shape index (κ1) is 4.84. The van der Waals surface area contributed by atoms with Gasteiger partial charge in [-0.05, 0) is 15.9 Å². The Kier molecular flexibility index (Phi) is 1.15. The summed E-state index contributed by atoms with van der Waals surface area (Å²) >= 11 is 2.90. The molecule has 1 heterocycles. The van der Waals surface area contributed by atoms with Crippen LogP contribution in [-0.2, 0) is 0 Å². The van der Waals surface area contributed by atoms with Crippen LogP contribution >= 0.6 is 15.9 Å². The first-order valence-corrected chi connectivity index (χ1v) is 2.47. The molecule has 7 heavy (non-hydrogen) atoms. The van der Waals surface area contributed by atoms with Crippen molar-refractivity contribution in [1.29, 1.82) is 0 Å². The molecule has 0 saturated carbocycles. The van der Waals surface area contributed by atoms with Crippen LogP contribution in [0.2, 0.25) is 0 Å². The summed E-state index contributed by atoms with van der Waals surface area (Å²) in [7, 11) is 0. The van der Waals surface area contributed by atoms with Crippen LogP contribution in [0.3, 0.4) is 0 Å². The highest BCUT2D eigenvalue weighted by Crippen LogP contribution is 2.13. The van der Waals surface area contributed by atoms with Gasteiger partial charge in [0, 0.05) is 0 Å². The molecule has 1 aromatic rings. The van der Waals surface area contributed by atoms with Crippen LogP contribution in [-0.4, -0.2) is 0 Å². The van der Waals surface area contributed by atoms with Gasteiger partial charge in [-0.3, -0.25) is 0 Å². The smallest absolute Gasteiger partial charge is 0.175 e. The quantitative estimate of drug-likeness (QED) is 0.574. The number of hydrogen-bond acceptors (Lipinski definition) is 1. The van der Waals surface area contributed by atoms with E-state index in [4.69, 9.17) is 0 Å². The van der Waals surface area contributed by atoms with Crippen LogP contribution in [0.1, 0.15) is 0 Å². The van der Waals surface area contributed by atoms with Crippen LogP contribution in [0.15, 0.2) is 21.4 Å². The lowest BCUT2D eigenvalue weighted by atomic mass is 10.6. The normalized spacial score (nSPS) is 9.43. The Morgan fingerprint density at radius 2 is 2.29 bits per heavy atom. The minimum atomic E-state index is -0.361. The van der Waals surface area contributed by atoms with Crippen LogP contribution in [0.25, 0.3) is 0 Å². The van der Waals surface area contributed by atoms with Crippen LogP contribution in [0, 0.1) is 5.82 Å². The molecule has 0 aromatic carbocycles. The minimum Gasteiger partial charge on any atom is -0.468 e. The fraction of sp³-hybridized carbons (Fsp3) is 0. The lowest BCUT2D eigenvalue weighted by molar-refractivity contribution is 0.532. The van der Waals surface area contributed by atoms with Gasteiger partial charge in [-0.25, -0.2) is 4.39 Å². The minimum absolute atomic E-state index is 0.361. The fourth-order valence-corrected chi connectivity index (χ4v) is 0.467. The van der Waals surface area contributed by atoms with Gasteiger partial charge in [0.1, 0.15) is 12.5 Å². The molecule has 0 aliphatic heterocycles. The fourth-order valence-electron chi connectivity index (χ4n) is 0.266. The average molecular weight is 165 g/mol. The number of furan rings is 1. The summed E-state index contributed by atoms with van der Waals surface area (Å²) in [5.41, 5.74) is 0. The zero-order chi connectivity index (χ0) is 5.28. The lowest BCUT2D eigenvalue weighted by Gasteiger charge is -1.69. The van der Waals surface area contributed by atoms with Crippen molar-refractivity contribution in [1.82, 2.24) is 0 Å². The summed E-state index contributed by atoms with van der Waals surface area (Å²) in [4.78, 5) is 0. The van der Waals surface area contributed by atoms with Crippen molar-refractivity contribution in [2.75, 3.05) is 0 Å². The van der Waals surface area contributed by atoms with Gasteiger partial charge < -0.3 is 4.42 Å². The second-order valence-electron chi connectivity index (χ2n) is 1.07. The average Bonchev–Trinajstić information content (AvgIpc) is 1.91. The van der Waals surface area contributed by atoms with E-state index in [0.717, 1.165) is 6.26 Å². The maximum Gasteiger partial charge on any atom is 0.175 e. The summed E-state index contributed by atoms with van der Waals surface area (Å²) in [6, 6.07) is 0. The zero-order valence-corrected chi connectivity index (χ0v) is 4.90. The predicted octanol–water partition coefficient (Wildman–Crippen LogP) is 2.18. The third-order valence-corrected chi connectivity index (χ3v) is 1.14. The highest BCUT2D eigenvalue weighted by atomic mass is 79.9. The van der Waals surface area contributed by atoms with E-state index in [0.29, 0.717) is 4.47 Å². The molecule has 0 aliphatic rings. The molecule has 0 atom stereocenters. The van der Waals surface area contributed by atoms with Crippen LogP contribution in [0.4, 0.5) is 4.39 Å². The third-order valence-electron chi connectivity index (χ3n) is 0.571. The van der Waals surface area contributed by atoms with Gasteiger partial charge in [0.2, 0.25) is 0 Å². The molecule has 0 saturated heterocycles. The standard InChI is InChI=1S/C4H2BrFO/c5-3-1-7-2-4(3)6/h1-2H. The molecule has 0 amide bonds. The Morgan fingerprint density at radius 1 is 1.57 bits per heavy atom. The van der Waals surface area contributed by atoms with Gasteiger partial charge >= 0.3 is 0 Å².